The summed E-state index contributed by atoms with van der Waals surface area (Å²) >= 11 is 0. The number of hydrogen-bond donors (Lipinski definition) is 1. The Morgan fingerprint density at radius 1 is 1.52 bits per heavy atom. The van der Waals surface area contributed by atoms with Gasteiger partial charge in [0.1, 0.15) is 5.54 Å². The van der Waals surface area contributed by atoms with Crippen molar-refractivity contribution < 1.29 is 14.3 Å². The van der Waals surface area contributed by atoms with Crippen LogP contribution in [0, 0.1) is 5.41 Å². The summed E-state index contributed by atoms with van der Waals surface area (Å²) in [7, 11) is 1.69. The molecular weight excluding hydrogens is 268 g/mol. The van der Waals surface area contributed by atoms with Gasteiger partial charge < -0.3 is 20.1 Å². The van der Waals surface area contributed by atoms with E-state index < -0.39 is 5.54 Å². The van der Waals surface area contributed by atoms with Gasteiger partial charge in [-0.3, -0.25) is 4.79 Å². The molecule has 1 fully saturated rings. The Bertz CT molecular complexity index is 433. The molecule has 120 valence electrons. The first-order valence-corrected chi connectivity index (χ1v) is 7.73. The summed E-state index contributed by atoms with van der Waals surface area (Å²) in [6.07, 6.45) is 3.63. The van der Waals surface area contributed by atoms with Gasteiger partial charge in [0.25, 0.3) is 0 Å². The number of ether oxygens (including phenoxy) is 2. The number of nitrogens with zero attached hydrogens (tertiary/aromatic N) is 1. The molecule has 2 rings (SSSR count). The van der Waals surface area contributed by atoms with Gasteiger partial charge in [-0.05, 0) is 18.9 Å². The number of amides is 1. The van der Waals surface area contributed by atoms with E-state index in [9.17, 15) is 4.79 Å². The van der Waals surface area contributed by atoms with Crippen molar-refractivity contribution in [3.8, 4) is 0 Å². The third kappa shape index (κ3) is 2.74. The molecule has 0 aromatic rings. The third-order valence-corrected chi connectivity index (χ3v) is 5.13. The maximum atomic E-state index is 12.8. The van der Waals surface area contributed by atoms with Gasteiger partial charge in [-0.2, -0.15) is 0 Å². The van der Waals surface area contributed by atoms with Gasteiger partial charge in [0, 0.05) is 38.6 Å². The van der Waals surface area contributed by atoms with Gasteiger partial charge in [-0.1, -0.05) is 19.9 Å². The average Bonchev–Trinajstić information content (AvgIpc) is 2.47. The van der Waals surface area contributed by atoms with Crippen LogP contribution in [0.5, 0.6) is 0 Å². The Morgan fingerprint density at radius 3 is 2.71 bits per heavy atom. The van der Waals surface area contributed by atoms with Crippen molar-refractivity contribution in [2.75, 3.05) is 33.4 Å². The SMILES string of the molecule is CCOC1CC(N)(C(=O)N2CC=C(COC)CC2)C1(C)C. The molecule has 2 atom stereocenters. The van der Waals surface area contributed by atoms with E-state index in [0.29, 0.717) is 26.2 Å². The van der Waals surface area contributed by atoms with E-state index in [1.54, 1.807) is 7.11 Å². The molecule has 0 aromatic heterocycles. The van der Waals surface area contributed by atoms with Crippen LogP contribution in [-0.4, -0.2) is 55.9 Å². The molecule has 5 nitrogen and oxygen atoms in total. The van der Waals surface area contributed by atoms with Crippen molar-refractivity contribution in [1.82, 2.24) is 4.90 Å². The van der Waals surface area contributed by atoms with Crippen molar-refractivity contribution in [3.63, 3.8) is 0 Å². The molecule has 0 aromatic carbocycles. The maximum absolute atomic E-state index is 12.8. The molecule has 2 N–H and O–H groups in total. The third-order valence-electron chi connectivity index (χ3n) is 5.13. The second-order valence-corrected chi connectivity index (χ2v) is 6.64. The highest BCUT2D eigenvalue weighted by atomic mass is 16.5. The fourth-order valence-corrected chi connectivity index (χ4v) is 3.29. The fraction of sp³-hybridized carbons (Fsp3) is 0.812. The topological polar surface area (TPSA) is 64.8 Å². The van der Waals surface area contributed by atoms with Crippen LogP contribution >= 0.6 is 0 Å². The van der Waals surface area contributed by atoms with E-state index in [1.807, 2.05) is 25.7 Å². The largest absolute Gasteiger partial charge is 0.380 e. The first kappa shape index (κ1) is 16.5. The van der Waals surface area contributed by atoms with Gasteiger partial charge in [-0.25, -0.2) is 0 Å². The van der Waals surface area contributed by atoms with E-state index in [1.165, 1.54) is 5.57 Å². The maximum Gasteiger partial charge on any atom is 0.243 e. The Kier molecular flexibility index (Phi) is 4.76. The molecule has 2 aliphatic rings. The zero-order valence-electron chi connectivity index (χ0n) is 13.6. The standard InChI is InChI=1S/C16H28N2O3/c1-5-21-13-10-16(17,15(13,2)3)14(19)18-8-6-12(7-9-18)11-20-4/h6,13H,5,7-11,17H2,1-4H3. The number of carbonyl (C=O) groups excluding carboxylic acids is 1. The molecule has 1 aliphatic carbocycles. The Labute approximate surface area is 127 Å². The van der Waals surface area contributed by atoms with Gasteiger partial charge in [0.15, 0.2) is 0 Å². The van der Waals surface area contributed by atoms with Crippen LogP contribution in [0.4, 0.5) is 0 Å². The molecule has 0 saturated heterocycles. The fourth-order valence-electron chi connectivity index (χ4n) is 3.29. The zero-order chi connectivity index (χ0) is 15.7. The number of nitrogens with two attached hydrogens (primary N) is 1. The minimum Gasteiger partial charge on any atom is -0.380 e. The second kappa shape index (κ2) is 6.07. The van der Waals surface area contributed by atoms with Crippen LogP contribution < -0.4 is 5.73 Å². The summed E-state index contributed by atoms with van der Waals surface area (Å²) in [5.41, 5.74) is 6.58. The number of hydrogen-bond acceptors (Lipinski definition) is 4. The normalized spacial score (nSPS) is 31.6. The molecule has 2 unspecified atom stereocenters. The minimum absolute atomic E-state index is 0.0520. The lowest BCUT2D eigenvalue weighted by molar-refractivity contribution is -0.179. The van der Waals surface area contributed by atoms with Crippen molar-refractivity contribution in [2.24, 2.45) is 11.1 Å². The van der Waals surface area contributed by atoms with Crippen molar-refractivity contribution in [3.05, 3.63) is 11.6 Å². The molecule has 1 saturated carbocycles. The monoisotopic (exact) mass is 296 g/mol. The highest BCUT2D eigenvalue weighted by Crippen LogP contribution is 2.50. The molecule has 1 amide bonds. The number of methoxy groups -OCH3 is 1. The van der Waals surface area contributed by atoms with Crippen molar-refractivity contribution >= 4 is 5.91 Å². The molecule has 5 heteroatoms. The molecule has 0 bridgehead atoms. The lowest BCUT2D eigenvalue weighted by atomic mass is 9.54. The first-order chi connectivity index (χ1) is 9.86. The summed E-state index contributed by atoms with van der Waals surface area (Å²) in [5, 5.41) is 0. The lowest BCUT2D eigenvalue weighted by Crippen LogP contribution is -2.76. The summed E-state index contributed by atoms with van der Waals surface area (Å²) in [6.45, 7) is 8.70. The highest BCUT2D eigenvalue weighted by Gasteiger charge is 2.63. The van der Waals surface area contributed by atoms with Crippen LogP contribution in [0.3, 0.4) is 0 Å². The first-order valence-electron chi connectivity index (χ1n) is 7.73. The predicted octanol–water partition coefficient (Wildman–Crippen LogP) is 1.32. The van der Waals surface area contributed by atoms with E-state index >= 15 is 0 Å². The van der Waals surface area contributed by atoms with Gasteiger partial charge >= 0.3 is 0 Å². The van der Waals surface area contributed by atoms with Gasteiger partial charge in [0.05, 0.1) is 12.7 Å². The summed E-state index contributed by atoms with van der Waals surface area (Å²) in [4.78, 5) is 14.7. The van der Waals surface area contributed by atoms with Crippen molar-refractivity contribution in [1.29, 1.82) is 0 Å². The lowest BCUT2D eigenvalue weighted by Gasteiger charge is -2.58. The average molecular weight is 296 g/mol. The predicted molar refractivity (Wildman–Crippen MR) is 81.9 cm³/mol. The molecular formula is C16H28N2O3. The molecule has 1 heterocycles. The number of rotatable bonds is 5. The molecule has 0 radical (unpaired) electrons. The van der Waals surface area contributed by atoms with Crippen LogP contribution in [-0.2, 0) is 14.3 Å². The van der Waals surface area contributed by atoms with E-state index in [4.69, 9.17) is 15.2 Å². The zero-order valence-corrected chi connectivity index (χ0v) is 13.6. The van der Waals surface area contributed by atoms with Gasteiger partial charge in [-0.15, -0.1) is 0 Å². The molecule has 1 aliphatic heterocycles. The van der Waals surface area contributed by atoms with Crippen LogP contribution in [0.15, 0.2) is 11.6 Å². The summed E-state index contributed by atoms with van der Waals surface area (Å²) < 4.78 is 10.8. The van der Waals surface area contributed by atoms with E-state index in [0.717, 1.165) is 13.0 Å². The van der Waals surface area contributed by atoms with Crippen LogP contribution in [0.25, 0.3) is 0 Å². The second-order valence-electron chi connectivity index (χ2n) is 6.64. The molecule has 21 heavy (non-hydrogen) atoms. The van der Waals surface area contributed by atoms with E-state index in [2.05, 4.69) is 6.08 Å². The Balaban J connectivity index is 2.01. The van der Waals surface area contributed by atoms with Crippen LogP contribution in [0.1, 0.15) is 33.6 Å². The van der Waals surface area contributed by atoms with E-state index in [-0.39, 0.29) is 17.4 Å². The van der Waals surface area contributed by atoms with Gasteiger partial charge in [0.2, 0.25) is 5.91 Å². The van der Waals surface area contributed by atoms with Crippen molar-refractivity contribution in [2.45, 2.75) is 45.3 Å². The summed E-state index contributed by atoms with van der Waals surface area (Å²) in [5.74, 6) is 0.0520. The Morgan fingerprint density at radius 2 is 2.24 bits per heavy atom. The molecule has 0 spiro atoms. The smallest absolute Gasteiger partial charge is 0.243 e. The summed E-state index contributed by atoms with van der Waals surface area (Å²) in [6, 6.07) is 0. The minimum atomic E-state index is -0.806. The quantitative estimate of drug-likeness (QED) is 0.777. The Hall–Kier alpha value is -0.910. The highest BCUT2D eigenvalue weighted by molar-refractivity contribution is 5.89. The van der Waals surface area contributed by atoms with Crippen LogP contribution in [0.2, 0.25) is 0 Å². The number of carbonyl (C=O) groups is 1.